The Balaban J connectivity index is 1.95. The number of nitrogens with zero attached hydrogens (tertiary/aromatic N) is 1. The second-order valence-corrected chi connectivity index (χ2v) is 5.26. The largest absolute Gasteiger partial charge is 0.384 e. The van der Waals surface area contributed by atoms with E-state index in [1.54, 1.807) is 0 Å². The summed E-state index contributed by atoms with van der Waals surface area (Å²) in [5, 5.41) is 8.72. The summed E-state index contributed by atoms with van der Waals surface area (Å²) in [5.74, 6) is 0.120. The van der Waals surface area contributed by atoms with Gasteiger partial charge in [-0.2, -0.15) is 0 Å². The van der Waals surface area contributed by atoms with Crippen molar-refractivity contribution in [1.29, 1.82) is 5.41 Å². The number of aryl methyl sites for hydroxylation is 3. The highest BCUT2D eigenvalue weighted by molar-refractivity contribution is 5.98. The Kier molecular flexibility index (Phi) is 3.52. The minimum atomic E-state index is 0.120. The van der Waals surface area contributed by atoms with Crippen molar-refractivity contribution in [2.75, 3.05) is 0 Å². The van der Waals surface area contributed by atoms with Crippen LogP contribution in [0.15, 0.2) is 42.6 Å². The molecule has 0 spiro atoms. The van der Waals surface area contributed by atoms with E-state index in [-0.39, 0.29) is 5.84 Å². The zero-order valence-corrected chi connectivity index (χ0v) is 12.2. The molecule has 2 heterocycles. The summed E-state index contributed by atoms with van der Waals surface area (Å²) >= 11 is 0. The molecule has 0 saturated heterocycles. The number of rotatable bonds is 5. The van der Waals surface area contributed by atoms with Gasteiger partial charge in [-0.25, -0.2) is 0 Å². The van der Waals surface area contributed by atoms with Crippen LogP contribution in [0.4, 0.5) is 0 Å². The Labute approximate surface area is 124 Å². The molecule has 21 heavy (non-hydrogen) atoms. The molecule has 0 bridgehead atoms. The normalized spacial score (nSPS) is 11.1. The fourth-order valence-corrected chi connectivity index (χ4v) is 2.86. The summed E-state index contributed by atoms with van der Waals surface area (Å²) in [5.41, 5.74) is 10.2. The van der Waals surface area contributed by atoms with Crippen LogP contribution in [0.3, 0.4) is 0 Å². The molecule has 0 saturated carbocycles. The van der Waals surface area contributed by atoms with Crippen LogP contribution in [-0.2, 0) is 19.4 Å². The molecule has 4 N–H and O–H groups in total. The number of benzene rings is 1. The van der Waals surface area contributed by atoms with E-state index < -0.39 is 0 Å². The molecule has 0 aliphatic heterocycles. The summed E-state index contributed by atoms with van der Waals surface area (Å²) in [6.07, 6.45) is 3.96. The maximum Gasteiger partial charge on any atom is 0.122 e. The molecule has 4 heteroatoms. The van der Waals surface area contributed by atoms with Crippen molar-refractivity contribution < 1.29 is 0 Å². The molecule has 0 atom stereocenters. The molecule has 1 aromatic carbocycles. The molecule has 0 fully saturated rings. The van der Waals surface area contributed by atoms with E-state index in [0.29, 0.717) is 0 Å². The van der Waals surface area contributed by atoms with Crippen LogP contribution in [0.5, 0.6) is 0 Å². The Morgan fingerprint density at radius 1 is 1.24 bits per heavy atom. The van der Waals surface area contributed by atoms with Crippen molar-refractivity contribution >= 4 is 16.7 Å². The van der Waals surface area contributed by atoms with Gasteiger partial charge in [-0.15, -0.1) is 0 Å². The second-order valence-electron chi connectivity index (χ2n) is 5.26. The topological polar surface area (TPSA) is 70.6 Å². The van der Waals surface area contributed by atoms with Gasteiger partial charge in [0.15, 0.2) is 0 Å². The summed E-state index contributed by atoms with van der Waals surface area (Å²) in [6.45, 7) is 3.11. The van der Waals surface area contributed by atoms with Crippen LogP contribution in [-0.4, -0.2) is 15.4 Å². The lowest BCUT2D eigenvalue weighted by molar-refractivity contribution is 0.725. The van der Waals surface area contributed by atoms with Crippen molar-refractivity contribution in [3.8, 4) is 0 Å². The number of hydrogen-bond acceptors (Lipinski definition) is 1. The average Bonchev–Trinajstić information content (AvgIpc) is 3.11. The minimum Gasteiger partial charge on any atom is -0.384 e. The van der Waals surface area contributed by atoms with Crippen LogP contribution in [0.25, 0.3) is 10.9 Å². The summed E-state index contributed by atoms with van der Waals surface area (Å²) in [4.78, 5) is 3.25. The molecular weight excluding hydrogens is 260 g/mol. The van der Waals surface area contributed by atoms with Gasteiger partial charge in [0.25, 0.3) is 0 Å². The Morgan fingerprint density at radius 3 is 2.76 bits per heavy atom. The first kappa shape index (κ1) is 13.5. The van der Waals surface area contributed by atoms with Gasteiger partial charge in [0.2, 0.25) is 0 Å². The SMILES string of the molecule is CCn1c(CCc2ccc[nH]2)cc2cc(C(=N)N)ccc21. The van der Waals surface area contributed by atoms with Gasteiger partial charge in [-0.3, -0.25) is 5.41 Å². The molecule has 2 aromatic heterocycles. The molecule has 0 unspecified atom stereocenters. The predicted molar refractivity (Wildman–Crippen MR) is 86.8 cm³/mol. The number of hydrogen-bond donors (Lipinski definition) is 3. The van der Waals surface area contributed by atoms with Crippen molar-refractivity contribution in [1.82, 2.24) is 9.55 Å². The monoisotopic (exact) mass is 280 g/mol. The molecule has 3 rings (SSSR count). The first-order valence-electron chi connectivity index (χ1n) is 7.28. The summed E-state index contributed by atoms with van der Waals surface area (Å²) < 4.78 is 2.34. The molecule has 0 amide bonds. The molecule has 108 valence electrons. The lowest BCUT2D eigenvalue weighted by Gasteiger charge is -2.07. The summed E-state index contributed by atoms with van der Waals surface area (Å²) in [6, 6.07) is 12.4. The van der Waals surface area contributed by atoms with Crippen LogP contribution >= 0.6 is 0 Å². The number of H-pyrrole nitrogens is 1. The van der Waals surface area contributed by atoms with E-state index >= 15 is 0 Å². The lowest BCUT2D eigenvalue weighted by Crippen LogP contribution is -2.10. The van der Waals surface area contributed by atoms with Gasteiger partial charge in [0.05, 0.1) is 0 Å². The van der Waals surface area contributed by atoms with Gasteiger partial charge in [0.1, 0.15) is 5.84 Å². The van der Waals surface area contributed by atoms with Gasteiger partial charge < -0.3 is 15.3 Å². The molecule has 3 aromatic rings. The number of aromatic amines is 1. The predicted octanol–water partition coefficient (Wildman–Crippen LogP) is 3.06. The molecule has 0 radical (unpaired) electrons. The van der Waals surface area contributed by atoms with E-state index in [0.717, 1.165) is 30.3 Å². The second kappa shape index (κ2) is 5.48. The molecule has 4 nitrogen and oxygen atoms in total. The zero-order chi connectivity index (χ0) is 14.8. The third-order valence-electron chi connectivity index (χ3n) is 3.93. The maximum atomic E-state index is 7.56. The van der Waals surface area contributed by atoms with Crippen molar-refractivity contribution in [3.63, 3.8) is 0 Å². The Morgan fingerprint density at radius 2 is 2.10 bits per heavy atom. The van der Waals surface area contributed by atoms with E-state index in [9.17, 15) is 0 Å². The maximum absolute atomic E-state index is 7.56. The van der Waals surface area contributed by atoms with Crippen molar-refractivity contribution in [2.24, 2.45) is 5.73 Å². The van der Waals surface area contributed by atoms with Crippen LogP contribution in [0, 0.1) is 5.41 Å². The van der Waals surface area contributed by atoms with E-state index in [1.807, 2.05) is 24.4 Å². The van der Waals surface area contributed by atoms with Crippen LogP contribution in [0.2, 0.25) is 0 Å². The fraction of sp³-hybridized carbons (Fsp3) is 0.235. The summed E-state index contributed by atoms with van der Waals surface area (Å²) in [7, 11) is 0. The number of aromatic nitrogens is 2. The quantitative estimate of drug-likeness (QED) is 0.488. The number of amidine groups is 1. The minimum absolute atomic E-state index is 0.120. The number of nitrogen functional groups attached to an aromatic ring is 1. The third-order valence-corrected chi connectivity index (χ3v) is 3.93. The van der Waals surface area contributed by atoms with Gasteiger partial charge in [-0.05, 0) is 56.2 Å². The van der Waals surface area contributed by atoms with E-state index in [1.165, 1.54) is 16.9 Å². The number of nitrogens with two attached hydrogens (primary N) is 1. The van der Waals surface area contributed by atoms with E-state index in [2.05, 4.69) is 34.7 Å². The van der Waals surface area contributed by atoms with Gasteiger partial charge in [0, 0.05) is 40.6 Å². The number of fused-ring (bicyclic) bond motifs is 1. The smallest absolute Gasteiger partial charge is 0.122 e. The van der Waals surface area contributed by atoms with Crippen LogP contribution in [0.1, 0.15) is 23.9 Å². The van der Waals surface area contributed by atoms with Crippen molar-refractivity contribution in [3.05, 3.63) is 59.5 Å². The average molecular weight is 280 g/mol. The lowest BCUT2D eigenvalue weighted by atomic mass is 10.1. The van der Waals surface area contributed by atoms with E-state index in [4.69, 9.17) is 11.1 Å². The Hall–Kier alpha value is -2.49. The van der Waals surface area contributed by atoms with Gasteiger partial charge >= 0.3 is 0 Å². The highest BCUT2D eigenvalue weighted by atomic mass is 15.0. The van der Waals surface area contributed by atoms with Crippen LogP contribution < -0.4 is 5.73 Å². The Bertz CT molecular complexity index is 766. The molecule has 0 aliphatic carbocycles. The first-order chi connectivity index (χ1) is 10.2. The molecule has 0 aliphatic rings. The first-order valence-corrected chi connectivity index (χ1v) is 7.28. The highest BCUT2D eigenvalue weighted by Gasteiger charge is 2.09. The van der Waals surface area contributed by atoms with Gasteiger partial charge in [-0.1, -0.05) is 0 Å². The third kappa shape index (κ3) is 2.57. The standard InChI is InChI=1S/C17H20N4/c1-2-21-15(7-6-14-4-3-9-20-14)11-13-10-12(17(18)19)5-8-16(13)21/h3-5,8-11,20H,2,6-7H2,1H3,(H3,18,19). The zero-order valence-electron chi connectivity index (χ0n) is 12.2. The van der Waals surface area contributed by atoms with Crippen molar-refractivity contribution in [2.45, 2.75) is 26.3 Å². The molecular formula is C17H20N4. The fourth-order valence-electron chi connectivity index (χ4n) is 2.86. The highest BCUT2D eigenvalue weighted by Crippen LogP contribution is 2.22. The number of nitrogens with one attached hydrogen (secondary N) is 2.